The Morgan fingerprint density at radius 3 is 3.17 bits per heavy atom. The third kappa shape index (κ3) is 2.13. The minimum absolute atomic E-state index is 0.792. The molecular formula is C11H17N7. The van der Waals surface area contributed by atoms with Crippen LogP contribution in [0, 0.1) is 0 Å². The van der Waals surface area contributed by atoms with Crippen molar-refractivity contribution < 1.29 is 0 Å². The maximum absolute atomic E-state index is 4.36. The van der Waals surface area contributed by atoms with E-state index in [9.17, 15) is 0 Å². The van der Waals surface area contributed by atoms with E-state index in [-0.39, 0.29) is 0 Å². The van der Waals surface area contributed by atoms with Gasteiger partial charge in [-0.2, -0.15) is 0 Å². The quantitative estimate of drug-likeness (QED) is 0.777. The SMILES string of the molecule is CCCn1nnnc1CN1CCn2ccnc2C1. The molecule has 96 valence electrons. The molecule has 0 bridgehead atoms. The number of fused-ring (bicyclic) bond motifs is 1. The molecule has 0 radical (unpaired) electrons. The Balaban J connectivity index is 1.69. The predicted molar refractivity (Wildman–Crippen MR) is 64.4 cm³/mol. The summed E-state index contributed by atoms with van der Waals surface area (Å²) >= 11 is 0. The first-order valence-electron chi connectivity index (χ1n) is 6.34. The Kier molecular flexibility index (Phi) is 3.06. The van der Waals surface area contributed by atoms with Crippen molar-refractivity contribution in [2.24, 2.45) is 0 Å². The van der Waals surface area contributed by atoms with Gasteiger partial charge in [0.25, 0.3) is 0 Å². The van der Waals surface area contributed by atoms with Gasteiger partial charge in [-0.15, -0.1) is 5.10 Å². The number of imidazole rings is 1. The highest BCUT2D eigenvalue weighted by Crippen LogP contribution is 2.12. The largest absolute Gasteiger partial charge is 0.333 e. The molecule has 0 spiro atoms. The monoisotopic (exact) mass is 247 g/mol. The second-order valence-corrected chi connectivity index (χ2v) is 4.57. The van der Waals surface area contributed by atoms with Crippen LogP contribution >= 0.6 is 0 Å². The lowest BCUT2D eigenvalue weighted by molar-refractivity contribution is 0.200. The molecule has 7 nitrogen and oxygen atoms in total. The molecule has 0 aromatic carbocycles. The minimum atomic E-state index is 0.792. The molecule has 0 atom stereocenters. The van der Waals surface area contributed by atoms with Crippen LogP contribution in [0.3, 0.4) is 0 Å². The molecule has 3 heterocycles. The lowest BCUT2D eigenvalue weighted by Gasteiger charge is -2.26. The first-order chi connectivity index (χ1) is 8.86. The summed E-state index contributed by atoms with van der Waals surface area (Å²) in [7, 11) is 0. The van der Waals surface area contributed by atoms with Crippen molar-refractivity contribution in [3.05, 3.63) is 24.0 Å². The summed E-state index contributed by atoms with van der Waals surface area (Å²) in [4.78, 5) is 6.69. The molecule has 1 aliphatic heterocycles. The van der Waals surface area contributed by atoms with Crippen LogP contribution in [-0.2, 0) is 26.2 Å². The van der Waals surface area contributed by atoms with Gasteiger partial charge in [0, 0.05) is 32.0 Å². The Hall–Kier alpha value is -1.76. The summed E-state index contributed by atoms with van der Waals surface area (Å²) in [6, 6.07) is 0. The second-order valence-electron chi connectivity index (χ2n) is 4.57. The Morgan fingerprint density at radius 2 is 2.28 bits per heavy atom. The van der Waals surface area contributed by atoms with E-state index < -0.39 is 0 Å². The fourth-order valence-corrected chi connectivity index (χ4v) is 2.28. The van der Waals surface area contributed by atoms with Gasteiger partial charge in [0.2, 0.25) is 0 Å². The third-order valence-corrected chi connectivity index (χ3v) is 3.23. The molecule has 0 amide bonds. The van der Waals surface area contributed by atoms with Gasteiger partial charge < -0.3 is 4.57 Å². The van der Waals surface area contributed by atoms with Crippen LogP contribution in [0.5, 0.6) is 0 Å². The number of aryl methyl sites for hydroxylation is 1. The smallest absolute Gasteiger partial charge is 0.165 e. The number of nitrogens with zero attached hydrogens (tertiary/aromatic N) is 7. The topological polar surface area (TPSA) is 64.7 Å². The molecule has 0 saturated heterocycles. The Bertz CT molecular complexity index is 515. The standard InChI is InChI=1S/C11H17N7/c1-2-4-18-11(13-14-15-18)9-16-6-7-17-5-3-12-10(17)8-16/h3,5H,2,4,6-9H2,1H3. The molecule has 0 fully saturated rings. The Morgan fingerprint density at radius 1 is 1.33 bits per heavy atom. The lowest BCUT2D eigenvalue weighted by atomic mass is 10.3. The fourth-order valence-electron chi connectivity index (χ4n) is 2.28. The van der Waals surface area contributed by atoms with Crippen LogP contribution in [0.4, 0.5) is 0 Å². The lowest BCUT2D eigenvalue weighted by Crippen LogP contribution is -2.34. The molecule has 0 aliphatic carbocycles. The first kappa shape index (κ1) is 11.3. The zero-order valence-corrected chi connectivity index (χ0v) is 10.5. The van der Waals surface area contributed by atoms with E-state index >= 15 is 0 Å². The predicted octanol–water partition coefficient (Wildman–Crippen LogP) is 0.295. The highest BCUT2D eigenvalue weighted by atomic mass is 15.5. The van der Waals surface area contributed by atoms with Crippen molar-refractivity contribution in [3.63, 3.8) is 0 Å². The van der Waals surface area contributed by atoms with Gasteiger partial charge in [-0.3, -0.25) is 4.90 Å². The number of hydrogen-bond acceptors (Lipinski definition) is 5. The average Bonchev–Trinajstić information content (AvgIpc) is 2.99. The molecule has 0 saturated carbocycles. The van der Waals surface area contributed by atoms with Crippen molar-refractivity contribution in [2.75, 3.05) is 6.54 Å². The number of hydrogen-bond donors (Lipinski definition) is 0. The fraction of sp³-hybridized carbons (Fsp3) is 0.636. The van der Waals surface area contributed by atoms with Crippen LogP contribution < -0.4 is 0 Å². The van der Waals surface area contributed by atoms with Gasteiger partial charge in [0.05, 0.1) is 13.1 Å². The van der Waals surface area contributed by atoms with Crippen LogP contribution in [-0.4, -0.2) is 41.2 Å². The van der Waals surface area contributed by atoms with E-state index in [0.717, 1.165) is 50.8 Å². The third-order valence-electron chi connectivity index (χ3n) is 3.23. The number of rotatable bonds is 4. The van der Waals surface area contributed by atoms with Gasteiger partial charge in [0.15, 0.2) is 5.82 Å². The summed E-state index contributed by atoms with van der Waals surface area (Å²) < 4.78 is 4.09. The molecule has 7 heteroatoms. The van der Waals surface area contributed by atoms with Crippen LogP contribution in [0.2, 0.25) is 0 Å². The van der Waals surface area contributed by atoms with Gasteiger partial charge in [-0.25, -0.2) is 9.67 Å². The summed E-state index contributed by atoms with van der Waals surface area (Å²) in [5.74, 6) is 2.06. The van der Waals surface area contributed by atoms with Gasteiger partial charge >= 0.3 is 0 Å². The van der Waals surface area contributed by atoms with Crippen LogP contribution in [0.15, 0.2) is 12.4 Å². The summed E-state index contributed by atoms with van der Waals surface area (Å²) in [6.45, 7) is 6.67. The molecule has 3 rings (SSSR count). The van der Waals surface area contributed by atoms with Crippen molar-refractivity contribution in [1.82, 2.24) is 34.7 Å². The van der Waals surface area contributed by atoms with Gasteiger partial charge in [0.1, 0.15) is 5.82 Å². The minimum Gasteiger partial charge on any atom is -0.333 e. The molecule has 0 N–H and O–H groups in total. The molecule has 18 heavy (non-hydrogen) atoms. The highest BCUT2D eigenvalue weighted by Gasteiger charge is 2.18. The molecule has 1 aliphatic rings. The number of tetrazole rings is 1. The van der Waals surface area contributed by atoms with E-state index in [1.807, 2.05) is 17.1 Å². The molecule has 2 aromatic heterocycles. The van der Waals surface area contributed by atoms with Crippen molar-refractivity contribution >= 4 is 0 Å². The van der Waals surface area contributed by atoms with Crippen molar-refractivity contribution in [1.29, 1.82) is 0 Å². The van der Waals surface area contributed by atoms with E-state index in [0.29, 0.717) is 0 Å². The van der Waals surface area contributed by atoms with Crippen LogP contribution in [0.25, 0.3) is 0 Å². The normalized spacial score (nSPS) is 15.8. The molecule has 0 unspecified atom stereocenters. The van der Waals surface area contributed by atoms with E-state index in [1.54, 1.807) is 0 Å². The molecule has 2 aromatic rings. The summed E-state index contributed by atoms with van der Waals surface area (Å²) in [6.07, 6.45) is 4.94. The maximum Gasteiger partial charge on any atom is 0.165 e. The van der Waals surface area contributed by atoms with Gasteiger partial charge in [-0.05, 0) is 16.8 Å². The Labute approximate surface area is 105 Å². The average molecular weight is 247 g/mol. The maximum atomic E-state index is 4.36. The first-order valence-corrected chi connectivity index (χ1v) is 6.34. The van der Waals surface area contributed by atoms with Crippen LogP contribution in [0.1, 0.15) is 25.0 Å². The highest BCUT2D eigenvalue weighted by molar-refractivity contribution is 4.96. The number of aromatic nitrogens is 6. The van der Waals surface area contributed by atoms with Crippen molar-refractivity contribution in [3.8, 4) is 0 Å². The van der Waals surface area contributed by atoms with E-state index in [4.69, 9.17) is 0 Å². The molecular weight excluding hydrogens is 230 g/mol. The van der Waals surface area contributed by atoms with E-state index in [1.165, 1.54) is 0 Å². The second kappa shape index (κ2) is 4.85. The van der Waals surface area contributed by atoms with Crippen molar-refractivity contribution in [2.45, 2.75) is 39.5 Å². The summed E-state index contributed by atoms with van der Waals surface area (Å²) in [5, 5.41) is 11.9. The van der Waals surface area contributed by atoms with Gasteiger partial charge in [-0.1, -0.05) is 6.92 Å². The van der Waals surface area contributed by atoms with E-state index in [2.05, 4.69) is 36.9 Å². The summed E-state index contributed by atoms with van der Waals surface area (Å²) in [5.41, 5.74) is 0. The zero-order chi connectivity index (χ0) is 12.4. The zero-order valence-electron chi connectivity index (χ0n) is 10.5.